The van der Waals surface area contributed by atoms with Gasteiger partial charge in [0.25, 0.3) is 0 Å². The van der Waals surface area contributed by atoms with Crippen molar-refractivity contribution in [3.05, 3.63) is 21.9 Å². The Hall–Kier alpha value is -0.580. The second-order valence-corrected chi connectivity index (χ2v) is 6.71. The van der Waals surface area contributed by atoms with E-state index in [2.05, 4.69) is 36.6 Å². The summed E-state index contributed by atoms with van der Waals surface area (Å²) in [5.74, 6) is 0.835. The lowest BCUT2D eigenvalue weighted by Crippen LogP contribution is -2.50. The minimum atomic E-state index is 0. The third-order valence-corrected chi connectivity index (χ3v) is 4.65. The van der Waals surface area contributed by atoms with Gasteiger partial charge in [0.05, 0.1) is 0 Å². The third-order valence-electron chi connectivity index (χ3n) is 3.63. The maximum Gasteiger partial charge on any atom is 0.223 e. The highest BCUT2D eigenvalue weighted by Gasteiger charge is 2.29. The van der Waals surface area contributed by atoms with Crippen molar-refractivity contribution >= 4 is 29.7 Å². The minimum Gasteiger partial charge on any atom is -0.353 e. The normalized spacial score (nSPS) is 18.1. The Labute approximate surface area is 125 Å². The maximum atomic E-state index is 12.0. The molecule has 2 N–H and O–H groups in total. The van der Waals surface area contributed by atoms with E-state index in [1.165, 1.54) is 9.75 Å². The molecule has 1 aliphatic heterocycles. The van der Waals surface area contributed by atoms with Gasteiger partial charge in [-0.2, -0.15) is 0 Å². The van der Waals surface area contributed by atoms with Crippen LogP contribution in [0, 0.1) is 18.8 Å². The highest BCUT2D eigenvalue weighted by molar-refractivity contribution is 7.11. The Kier molecular flexibility index (Phi) is 6.30. The van der Waals surface area contributed by atoms with Gasteiger partial charge in [0.2, 0.25) is 5.91 Å². The zero-order valence-corrected chi connectivity index (χ0v) is 13.4. The molecule has 0 spiro atoms. The predicted octanol–water partition coefficient (Wildman–Crippen LogP) is 2.38. The fourth-order valence-corrected chi connectivity index (χ4v) is 3.22. The number of thiophene rings is 1. The molecule has 1 saturated heterocycles. The van der Waals surface area contributed by atoms with Crippen molar-refractivity contribution < 1.29 is 4.79 Å². The summed E-state index contributed by atoms with van der Waals surface area (Å²) in [6.07, 6.45) is 0.930. The summed E-state index contributed by atoms with van der Waals surface area (Å²) in [6, 6.07) is 4.50. The number of hydrogen-bond donors (Lipinski definition) is 2. The Morgan fingerprint density at radius 3 is 2.63 bits per heavy atom. The van der Waals surface area contributed by atoms with Gasteiger partial charge in [-0.15, -0.1) is 23.7 Å². The molecule has 1 aromatic heterocycles. The largest absolute Gasteiger partial charge is 0.353 e. The van der Waals surface area contributed by atoms with E-state index in [1.807, 2.05) is 18.3 Å². The van der Waals surface area contributed by atoms with E-state index in [1.54, 1.807) is 0 Å². The van der Waals surface area contributed by atoms with Gasteiger partial charge in [-0.05, 0) is 45.0 Å². The van der Waals surface area contributed by atoms with Gasteiger partial charge in [-0.3, -0.25) is 4.79 Å². The highest BCUT2D eigenvalue weighted by Crippen LogP contribution is 2.18. The fraction of sp³-hybridized carbons (Fsp3) is 0.643. The zero-order valence-electron chi connectivity index (χ0n) is 11.7. The molecule has 2 heterocycles. The maximum absolute atomic E-state index is 12.0. The van der Waals surface area contributed by atoms with E-state index in [4.69, 9.17) is 0 Å². The second kappa shape index (κ2) is 7.27. The van der Waals surface area contributed by atoms with Crippen LogP contribution in [0.4, 0.5) is 0 Å². The SMILES string of the molecule is Cc1ccc(CC(C)NC(=O)C(C)C2CNC2)s1.Cl. The topological polar surface area (TPSA) is 41.1 Å². The number of carbonyl (C=O) groups excluding carboxylic acids is 1. The van der Waals surface area contributed by atoms with Crippen LogP contribution in [0.15, 0.2) is 12.1 Å². The molecular weight excluding hydrogens is 280 g/mol. The first-order valence-corrected chi connectivity index (χ1v) is 7.44. The monoisotopic (exact) mass is 302 g/mol. The van der Waals surface area contributed by atoms with Crippen molar-refractivity contribution in [1.29, 1.82) is 0 Å². The van der Waals surface area contributed by atoms with Crippen molar-refractivity contribution in [2.75, 3.05) is 13.1 Å². The van der Waals surface area contributed by atoms with Crippen molar-refractivity contribution in [3.63, 3.8) is 0 Å². The summed E-state index contributed by atoms with van der Waals surface area (Å²) < 4.78 is 0. The summed E-state index contributed by atoms with van der Waals surface area (Å²) in [7, 11) is 0. The summed E-state index contributed by atoms with van der Waals surface area (Å²) in [4.78, 5) is 14.7. The number of amides is 1. The molecule has 108 valence electrons. The Balaban J connectivity index is 0.00000180. The quantitative estimate of drug-likeness (QED) is 0.877. The van der Waals surface area contributed by atoms with Crippen molar-refractivity contribution in [2.45, 2.75) is 33.2 Å². The molecule has 19 heavy (non-hydrogen) atoms. The molecule has 2 rings (SSSR count). The Morgan fingerprint density at radius 1 is 1.47 bits per heavy atom. The van der Waals surface area contributed by atoms with Crippen LogP contribution in [0.5, 0.6) is 0 Å². The summed E-state index contributed by atoms with van der Waals surface area (Å²) in [5.41, 5.74) is 0. The molecule has 0 aliphatic carbocycles. The first kappa shape index (κ1) is 16.5. The minimum absolute atomic E-state index is 0. The van der Waals surface area contributed by atoms with Gasteiger partial charge in [-0.25, -0.2) is 0 Å². The van der Waals surface area contributed by atoms with Crippen LogP contribution in [0.25, 0.3) is 0 Å². The van der Waals surface area contributed by atoms with Gasteiger partial charge in [-0.1, -0.05) is 6.92 Å². The van der Waals surface area contributed by atoms with Gasteiger partial charge in [0.15, 0.2) is 0 Å². The van der Waals surface area contributed by atoms with Gasteiger partial charge >= 0.3 is 0 Å². The molecule has 1 amide bonds. The van der Waals surface area contributed by atoms with E-state index < -0.39 is 0 Å². The Morgan fingerprint density at radius 2 is 2.16 bits per heavy atom. The average Bonchev–Trinajstić information content (AvgIpc) is 2.60. The molecule has 3 nitrogen and oxygen atoms in total. The molecule has 0 bridgehead atoms. The number of rotatable bonds is 5. The van der Waals surface area contributed by atoms with Crippen LogP contribution in [0.1, 0.15) is 23.6 Å². The molecular formula is C14H23ClN2OS. The lowest BCUT2D eigenvalue weighted by Gasteiger charge is -2.32. The zero-order chi connectivity index (χ0) is 13.1. The van der Waals surface area contributed by atoms with E-state index >= 15 is 0 Å². The number of halogens is 1. The van der Waals surface area contributed by atoms with Crippen molar-refractivity contribution in [3.8, 4) is 0 Å². The van der Waals surface area contributed by atoms with Gasteiger partial charge in [0, 0.05) is 28.1 Å². The molecule has 5 heteroatoms. The lowest BCUT2D eigenvalue weighted by atomic mass is 9.88. The van der Waals surface area contributed by atoms with Crippen LogP contribution < -0.4 is 10.6 Å². The number of hydrogen-bond acceptors (Lipinski definition) is 3. The molecule has 1 fully saturated rings. The van der Waals surface area contributed by atoms with Crippen LogP contribution in [0.2, 0.25) is 0 Å². The van der Waals surface area contributed by atoms with Crippen LogP contribution in [-0.2, 0) is 11.2 Å². The first-order chi connectivity index (χ1) is 8.56. The van der Waals surface area contributed by atoms with Crippen LogP contribution in [0.3, 0.4) is 0 Å². The summed E-state index contributed by atoms with van der Waals surface area (Å²) >= 11 is 1.81. The standard InChI is InChI=1S/C14H22N2OS.ClH/c1-9(6-13-5-4-10(2)18-13)16-14(17)11(3)12-7-15-8-12;/h4-5,9,11-12,15H,6-8H2,1-3H3,(H,16,17);1H. The lowest BCUT2D eigenvalue weighted by molar-refractivity contribution is -0.127. The third kappa shape index (κ3) is 4.48. The summed E-state index contributed by atoms with van der Waals surface area (Å²) in [6.45, 7) is 8.19. The molecule has 0 radical (unpaired) electrons. The number of nitrogens with one attached hydrogen (secondary N) is 2. The van der Waals surface area contributed by atoms with Gasteiger partial charge in [0.1, 0.15) is 0 Å². The summed E-state index contributed by atoms with van der Waals surface area (Å²) in [5, 5.41) is 6.34. The van der Waals surface area contributed by atoms with Crippen molar-refractivity contribution in [2.24, 2.45) is 11.8 Å². The number of aryl methyl sites for hydroxylation is 1. The van der Waals surface area contributed by atoms with E-state index in [0.29, 0.717) is 5.92 Å². The van der Waals surface area contributed by atoms with Crippen molar-refractivity contribution in [1.82, 2.24) is 10.6 Å². The molecule has 1 aromatic rings. The highest BCUT2D eigenvalue weighted by atomic mass is 35.5. The first-order valence-electron chi connectivity index (χ1n) is 6.62. The Bertz CT molecular complexity index is 417. The van der Waals surface area contributed by atoms with Crippen LogP contribution in [-0.4, -0.2) is 25.0 Å². The smallest absolute Gasteiger partial charge is 0.223 e. The molecule has 2 atom stereocenters. The van der Waals surface area contributed by atoms with E-state index in [9.17, 15) is 4.79 Å². The van der Waals surface area contributed by atoms with Gasteiger partial charge < -0.3 is 10.6 Å². The predicted molar refractivity (Wildman–Crippen MR) is 83.1 cm³/mol. The molecule has 0 saturated carbocycles. The van der Waals surface area contributed by atoms with E-state index in [-0.39, 0.29) is 30.3 Å². The second-order valence-electron chi connectivity index (χ2n) is 5.33. The molecule has 1 aliphatic rings. The molecule has 2 unspecified atom stereocenters. The van der Waals surface area contributed by atoms with Crippen LogP contribution >= 0.6 is 23.7 Å². The average molecular weight is 303 g/mol. The molecule has 0 aromatic carbocycles. The fourth-order valence-electron chi connectivity index (χ4n) is 2.20. The van der Waals surface area contributed by atoms with E-state index in [0.717, 1.165) is 19.5 Å². The number of carbonyl (C=O) groups is 1.